The molecule has 1 N–H and O–H groups in total. The maximum absolute atomic E-state index is 14.0. The van der Waals surface area contributed by atoms with Gasteiger partial charge in [-0.3, -0.25) is 0 Å². The van der Waals surface area contributed by atoms with Crippen LogP contribution >= 0.6 is 0 Å². The lowest BCUT2D eigenvalue weighted by Crippen LogP contribution is -2.47. The number of hydrogen-bond donors (Lipinski definition) is 1. The van der Waals surface area contributed by atoms with E-state index in [1.807, 2.05) is 18.2 Å². The molecule has 0 unspecified atom stereocenters. The van der Waals surface area contributed by atoms with Gasteiger partial charge in [0.15, 0.2) is 0 Å². The van der Waals surface area contributed by atoms with Gasteiger partial charge in [-0.05, 0) is 41.8 Å². The van der Waals surface area contributed by atoms with Gasteiger partial charge in [-0.2, -0.15) is 4.98 Å². The van der Waals surface area contributed by atoms with Crippen LogP contribution in [0.5, 0.6) is 0 Å². The maximum Gasteiger partial charge on any atom is 0.227 e. The Kier molecular flexibility index (Phi) is 5.60. The standard InChI is InChI=1S/C23H26FN5/c1-17(2)18-7-9-19(10-8-18)26-22-11-12-25-23(27-22)29-15-13-28(14-16-29)21-6-4-3-5-20(21)24/h3-12,17H,13-16H2,1-2H3,(H,25,26,27). The lowest BCUT2D eigenvalue weighted by atomic mass is 10.0. The molecule has 0 radical (unpaired) electrons. The molecular weight excluding hydrogens is 365 g/mol. The van der Waals surface area contributed by atoms with Crippen molar-refractivity contribution in [2.75, 3.05) is 41.3 Å². The molecule has 5 nitrogen and oxygen atoms in total. The van der Waals surface area contributed by atoms with E-state index in [0.29, 0.717) is 17.6 Å². The van der Waals surface area contributed by atoms with Gasteiger partial charge in [0.2, 0.25) is 5.95 Å². The first-order chi connectivity index (χ1) is 14.1. The molecule has 2 aromatic carbocycles. The van der Waals surface area contributed by atoms with Crippen molar-refractivity contribution in [3.8, 4) is 0 Å². The van der Waals surface area contributed by atoms with Gasteiger partial charge >= 0.3 is 0 Å². The van der Waals surface area contributed by atoms with E-state index in [0.717, 1.165) is 37.7 Å². The first-order valence-electron chi connectivity index (χ1n) is 10.0. The average molecular weight is 391 g/mol. The van der Waals surface area contributed by atoms with E-state index in [1.165, 1.54) is 11.6 Å². The number of anilines is 4. The Morgan fingerprint density at radius 2 is 1.59 bits per heavy atom. The van der Waals surface area contributed by atoms with Gasteiger partial charge in [-0.1, -0.05) is 38.1 Å². The summed E-state index contributed by atoms with van der Waals surface area (Å²) in [6, 6.07) is 17.2. The maximum atomic E-state index is 14.0. The lowest BCUT2D eigenvalue weighted by Gasteiger charge is -2.36. The Bertz CT molecular complexity index is 949. The molecule has 0 amide bonds. The lowest BCUT2D eigenvalue weighted by molar-refractivity contribution is 0.594. The first-order valence-corrected chi connectivity index (χ1v) is 10.0. The molecule has 6 heteroatoms. The van der Waals surface area contributed by atoms with Gasteiger partial charge in [0, 0.05) is 38.1 Å². The van der Waals surface area contributed by atoms with E-state index in [-0.39, 0.29) is 5.82 Å². The van der Waals surface area contributed by atoms with Crippen LogP contribution in [-0.4, -0.2) is 36.1 Å². The molecule has 2 heterocycles. The predicted octanol–water partition coefficient (Wildman–Crippen LogP) is 4.81. The fourth-order valence-electron chi connectivity index (χ4n) is 3.53. The van der Waals surface area contributed by atoms with Crippen molar-refractivity contribution in [3.05, 3.63) is 72.2 Å². The zero-order chi connectivity index (χ0) is 20.2. The second kappa shape index (κ2) is 8.47. The third kappa shape index (κ3) is 4.47. The van der Waals surface area contributed by atoms with E-state index in [4.69, 9.17) is 0 Å². The van der Waals surface area contributed by atoms with Crippen LogP contribution in [0, 0.1) is 5.82 Å². The minimum atomic E-state index is -0.174. The largest absolute Gasteiger partial charge is 0.366 e. The van der Waals surface area contributed by atoms with E-state index in [9.17, 15) is 4.39 Å². The molecule has 1 aliphatic heterocycles. The van der Waals surface area contributed by atoms with Gasteiger partial charge in [0.25, 0.3) is 0 Å². The van der Waals surface area contributed by atoms with Gasteiger partial charge in [-0.25, -0.2) is 9.37 Å². The molecule has 1 saturated heterocycles. The predicted molar refractivity (Wildman–Crippen MR) is 117 cm³/mol. The number of nitrogens with zero attached hydrogens (tertiary/aromatic N) is 4. The number of hydrogen-bond acceptors (Lipinski definition) is 5. The normalized spacial score (nSPS) is 14.3. The topological polar surface area (TPSA) is 44.3 Å². The van der Waals surface area contributed by atoms with Gasteiger partial charge in [-0.15, -0.1) is 0 Å². The Balaban J connectivity index is 1.41. The van der Waals surface area contributed by atoms with Crippen molar-refractivity contribution < 1.29 is 4.39 Å². The monoisotopic (exact) mass is 391 g/mol. The van der Waals surface area contributed by atoms with E-state index in [1.54, 1.807) is 12.3 Å². The highest BCUT2D eigenvalue weighted by Gasteiger charge is 2.21. The summed E-state index contributed by atoms with van der Waals surface area (Å²) in [7, 11) is 0. The Morgan fingerprint density at radius 1 is 0.897 bits per heavy atom. The summed E-state index contributed by atoms with van der Waals surface area (Å²) in [5.74, 6) is 1.80. The SMILES string of the molecule is CC(C)c1ccc(Nc2ccnc(N3CCN(c4ccccc4F)CC3)n2)cc1. The molecule has 1 aliphatic rings. The Morgan fingerprint density at radius 3 is 2.28 bits per heavy atom. The summed E-state index contributed by atoms with van der Waals surface area (Å²) in [5.41, 5.74) is 2.98. The summed E-state index contributed by atoms with van der Waals surface area (Å²) in [6.45, 7) is 7.34. The number of nitrogens with one attached hydrogen (secondary N) is 1. The molecule has 0 aliphatic carbocycles. The number of rotatable bonds is 5. The molecule has 0 bridgehead atoms. The molecule has 0 saturated carbocycles. The van der Waals surface area contributed by atoms with Crippen LogP contribution in [0.15, 0.2) is 60.8 Å². The van der Waals surface area contributed by atoms with Crippen LogP contribution in [0.4, 0.5) is 27.5 Å². The second-order valence-electron chi connectivity index (χ2n) is 7.57. The van der Waals surface area contributed by atoms with E-state index in [2.05, 4.69) is 63.2 Å². The molecule has 29 heavy (non-hydrogen) atoms. The molecule has 1 aromatic heterocycles. The zero-order valence-corrected chi connectivity index (χ0v) is 16.8. The van der Waals surface area contributed by atoms with Crippen molar-refractivity contribution in [1.29, 1.82) is 0 Å². The molecule has 3 aromatic rings. The fourth-order valence-corrected chi connectivity index (χ4v) is 3.53. The molecule has 150 valence electrons. The number of benzene rings is 2. The highest BCUT2D eigenvalue weighted by Crippen LogP contribution is 2.23. The summed E-state index contributed by atoms with van der Waals surface area (Å²) in [5, 5.41) is 3.35. The van der Waals surface area contributed by atoms with Crippen molar-refractivity contribution in [2.45, 2.75) is 19.8 Å². The Hall–Kier alpha value is -3.15. The summed E-state index contributed by atoms with van der Waals surface area (Å²) in [4.78, 5) is 13.3. The van der Waals surface area contributed by atoms with Gasteiger partial charge < -0.3 is 15.1 Å². The van der Waals surface area contributed by atoms with Crippen LogP contribution in [-0.2, 0) is 0 Å². The molecule has 4 rings (SSSR count). The van der Waals surface area contributed by atoms with Crippen molar-refractivity contribution >= 4 is 23.1 Å². The van der Waals surface area contributed by atoms with Crippen molar-refractivity contribution in [3.63, 3.8) is 0 Å². The van der Waals surface area contributed by atoms with Crippen LogP contribution in [0.2, 0.25) is 0 Å². The molecule has 0 atom stereocenters. The highest BCUT2D eigenvalue weighted by atomic mass is 19.1. The fraction of sp³-hybridized carbons (Fsp3) is 0.304. The zero-order valence-electron chi connectivity index (χ0n) is 16.8. The van der Waals surface area contributed by atoms with Crippen molar-refractivity contribution in [2.24, 2.45) is 0 Å². The van der Waals surface area contributed by atoms with E-state index >= 15 is 0 Å². The van der Waals surface area contributed by atoms with Crippen molar-refractivity contribution in [1.82, 2.24) is 9.97 Å². The third-order valence-electron chi connectivity index (χ3n) is 5.25. The summed E-state index contributed by atoms with van der Waals surface area (Å²) in [6.07, 6.45) is 1.77. The number of aromatic nitrogens is 2. The third-order valence-corrected chi connectivity index (χ3v) is 5.25. The quantitative estimate of drug-likeness (QED) is 0.676. The van der Waals surface area contributed by atoms with Crippen LogP contribution in [0.25, 0.3) is 0 Å². The number of halogens is 1. The number of para-hydroxylation sites is 1. The van der Waals surface area contributed by atoms with Crippen LogP contribution in [0.3, 0.4) is 0 Å². The molecular formula is C23H26FN5. The second-order valence-corrected chi connectivity index (χ2v) is 7.57. The minimum absolute atomic E-state index is 0.174. The van der Waals surface area contributed by atoms with Crippen LogP contribution in [0.1, 0.15) is 25.3 Å². The first kappa shape index (κ1) is 19.2. The van der Waals surface area contributed by atoms with Gasteiger partial charge in [0.1, 0.15) is 11.6 Å². The molecule has 0 spiro atoms. The van der Waals surface area contributed by atoms with Crippen LogP contribution < -0.4 is 15.1 Å². The smallest absolute Gasteiger partial charge is 0.227 e. The highest BCUT2D eigenvalue weighted by molar-refractivity contribution is 5.58. The molecule has 1 fully saturated rings. The summed E-state index contributed by atoms with van der Waals surface area (Å²) >= 11 is 0. The van der Waals surface area contributed by atoms with E-state index < -0.39 is 0 Å². The summed E-state index contributed by atoms with van der Waals surface area (Å²) < 4.78 is 14.0. The minimum Gasteiger partial charge on any atom is -0.366 e. The van der Waals surface area contributed by atoms with Gasteiger partial charge in [0.05, 0.1) is 5.69 Å². The number of piperazine rings is 1. The average Bonchev–Trinajstić information content (AvgIpc) is 2.75. The Labute approximate surface area is 171 Å².